The first-order valence-electron chi connectivity index (χ1n) is 8.76. The molecule has 1 amide bonds. The molecule has 4 heteroatoms. The highest BCUT2D eigenvalue weighted by atomic mass is 16.5. The fourth-order valence-electron chi connectivity index (χ4n) is 3.63. The molecular weight excluding hydrogens is 314 g/mol. The molecule has 2 aromatic rings. The topological polar surface area (TPSA) is 58.6 Å². The lowest BCUT2D eigenvalue weighted by Gasteiger charge is -2.40. The summed E-state index contributed by atoms with van der Waals surface area (Å²) in [6.45, 7) is 6.86. The van der Waals surface area contributed by atoms with E-state index in [0.717, 1.165) is 35.3 Å². The van der Waals surface area contributed by atoms with Gasteiger partial charge in [0.05, 0.1) is 12.6 Å². The van der Waals surface area contributed by atoms with Gasteiger partial charge in [-0.1, -0.05) is 44.2 Å². The summed E-state index contributed by atoms with van der Waals surface area (Å²) < 4.78 is 5.59. The van der Waals surface area contributed by atoms with Gasteiger partial charge in [-0.25, -0.2) is 4.79 Å². The molecule has 0 bridgehead atoms. The SMILES string of the molecule is CCOc1cccc(-c2ccc3c(c2)CCC(C)(C)C3NC(=O)O)c1. The maximum absolute atomic E-state index is 11.2. The molecule has 0 heterocycles. The van der Waals surface area contributed by atoms with Gasteiger partial charge in [-0.3, -0.25) is 0 Å². The predicted molar refractivity (Wildman–Crippen MR) is 99.1 cm³/mol. The molecule has 0 spiro atoms. The Balaban J connectivity index is 1.97. The maximum Gasteiger partial charge on any atom is 0.405 e. The Morgan fingerprint density at radius 3 is 2.72 bits per heavy atom. The number of ether oxygens (including phenoxy) is 1. The predicted octanol–water partition coefficient (Wildman–Crippen LogP) is 5.03. The third-order valence-corrected chi connectivity index (χ3v) is 5.02. The zero-order chi connectivity index (χ0) is 18.0. The second-order valence-corrected chi connectivity index (χ2v) is 7.25. The average molecular weight is 339 g/mol. The van der Waals surface area contributed by atoms with Crippen LogP contribution >= 0.6 is 0 Å². The van der Waals surface area contributed by atoms with Gasteiger partial charge in [0.25, 0.3) is 0 Å². The van der Waals surface area contributed by atoms with Crippen LogP contribution in [0.15, 0.2) is 42.5 Å². The number of hydrogen-bond acceptors (Lipinski definition) is 2. The van der Waals surface area contributed by atoms with Crippen molar-refractivity contribution < 1.29 is 14.6 Å². The van der Waals surface area contributed by atoms with E-state index in [1.165, 1.54) is 5.56 Å². The molecule has 4 nitrogen and oxygen atoms in total. The molecule has 1 unspecified atom stereocenters. The standard InChI is InChI=1S/C21H25NO3/c1-4-25-17-7-5-6-14(13-17)15-8-9-18-16(12-15)10-11-21(2,3)19(18)22-20(23)24/h5-9,12-13,19,22H,4,10-11H2,1-3H3,(H,23,24). The van der Waals surface area contributed by atoms with Crippen LogP contribution in [0.25, 0.3) is 11.1 Å². The van der Waals surface area contributed by atoms with E-state index in [1.54, 1.807) is 0 Å². The lowest BCUT2D eigenvalue weighted by Crippen LogP contribution is -2.40. The zero-order valence-corrected chi connectivity index (χ0v) is 15.0. The zero-order valence-electron chi connectivity index (χ0n) is 15.0. The molecule has 1 atom stereocenters. The number of carbonyl (C=O) groups is 1. The summed E-state index contributed by atoms with van der Waals surface area (Å²) >= 11 is 0. The van der Waals surface area contributed by atoms with Crippen molar-refractivity contribution in [3.63, 3.8) is 0 Å². The van der Waals surface area contributed by atoms with Crippen LogP contribution in [0.5, 0.6) is 5.75 Å². The summed E-state index contributed by atoms with van der Waals surface area (Å²) in [5.41, 5.74) is 4.46. The van der Waals surface area contributed by atoms with E-state index in [1.807, 2.05) is 25.1 Å². The Hall–Kier alpha value is -2.49. The first-order valence-corrected chi connectivity index (χ1v) is 8.76. The minimum absolute atomic E-state index is 0.0954. The Labute approximate surface area is 148 Å². The normalized spacial score (nSPS) is 18.3. The van der Waals surface area contributed by atoms with E-state index in [-0.39, 0.29) is 11.5 Å². The van der Waals surface area contributed by atoms with Crippen molar-refractivity contribution in [2.45, 2.75) is 39.7 Å². The second-order valence-electron chi connectivity index (χ2n) is 7.25. The van der Waals surface area contributed by atoms with E-state index < -0.39 is 6.09 Å². The molecule has 132 valence electrons. The Morgan fingerprint density at radius 1 is 1.24 bits per heavy atom. The summed E-state index contributed by atoms with van der Waals surface area (Å²) in [5.74, 6) is 0.865. The van der Waals surface area contributed by atoms with E-state index in [9.17, 15) is 9.90 Å². The third-order valence-electron chi connectivity index (χ3n) is 5.02. The van der Waals surface area contributed by atoms with Crippen LogP contribution < -0.4 is 10.1 Å². The van der Waals surface area contributed by atoms with Gasteiger partial charge in [0, 0.05) is 0 Å². The fraction of sp³-hybridized carbons (Fsp3) is 0.381. The highest BCUT2D eigenvalue weighted by Gasteiger charge is 2.37. The van der Waals surface area contributed by atoms with Gasteiger partial charge in [-0.15, -0.1) is 0 Å². The molecule has 0 aliphatic heterocycles. The van der Waals surface area contributed by atoms with E-state index in [4.69, 9.17) is 4.74 Å². The largest absolute Gasteiger partial charge is 0.494 e. The number of amides is 1. The van der Waals surface area contributed by atoms with Crippen LogP contribution in [0.2, 0.25) is 0 Å². The molecule has 0 saturated heterocycles. The molecule has 2 N–H and O–H groups in total. The number of fused-ring (bicyclic) bond motifs is 1. The highest BCUT2D eigenvalue weighted by molar-refractivity contribution is 5.68. The number of benzene rings is 2. The molecule has 0 saturated carbocycles. The monoisotopic (exact) mass is 339 g/mol. The molecule has 1 aliphatic rings. The van der Waals surface area contributed by atoms with E-state index in [2.05, 4.69) is 43.4 Å². The van der Waals surface area contributed by atoms with Gasteiger partial charge in [0.1, 0.15) is 5.75 Å². The molecular formula is C21H25NO3. The summed E-state index contributed by atoms with van der Waals surface area (Å²) in [6.07, 6.45) is 0.936. The van der Waals surface area contributed by atoms with E-state index in [0.29, 0.717) is 6.61 Å². The first kappa shape index (κ1) is 17.3. The number of hydrogen-bond donors (Lipinski definition) is 2. The minimum atomic E-state index is -0.973. The lowest BCUT2D eigenvalue weighted by molar-refractivity contribution is 0.161. The number of nitrogens with one attached hydrogen (secondary N) is 1. The van der Waals surface area contributed by atoms with Crippen molar-refractivity contribution in [1.82, 2.24) is 5.32 Å². The maximum atomic E-state index is 11.2. The molecule has 1 aliphatic carbocycles. The highest BCUT2D eigenvalue weighted by Crippen LogP contribution is 2.44. The number of rotatable bonds is 4. The third kappa shape index (κ3) is 3.63. The van der Waals surface area contributed by atoms with Crippen LogP contribution in [-0.2, 0) is 6.42 Å². The summed E-state index contributed by atoms with van der Waals surface area (Å²) in [6, 6.07) is 14.2. The van der Waals surface area contributed by atoms with Crippen molar-refractivity contribution in [1.29, 1.82) is 0 Å². The van der Waals surface area contributed by atoms with Crippen LogP contribution in [0.3, 0.4) is 0 Å². The second kappa shape index (κ2) is 6.79. The van der Waals surface area contributed by atoms with Crippen molar-refractivity contribution in [3.8, 4) is 16.9 Å². The van der Waals surface area contributed by atoms with Gasteiger partial charge in [-0.2, -0.15) is 0 Å². The Morgan fingerprint density at radius 2 is 2.00 bits per heavy atom. The molecule has 3 rings (SSSR count). The summed E-state index contributed by atoms with van der Waals surface area (Å²) in [7, 11) is 0. The summed E-state index contributed by atoms with van der Waals surface area (Å²) in [4.78, 5) is 11.2. The van der Waals surface area contributed by atoms with Gasteiger partial charge in [0.2, 0.25) is 0 Å². The fourth-order valence-corrected chi connectivity index (χ4v) is 3.63. The Kier molecular flexibility index (Phi) is 4.71. The van der Waals surface area contributed by atoms with Crippen LogP contribution in [0.1, 0.15) is 44.4 Å². The van der Waals surface area contributed by atoms with Crippen molar-refractivity contribution in [3.05, 3.63) is 53.6 Å². The number of carboxylic acid groups (broad SMARTS) is 1. The lowest BCUT2D eigenvalue weighted by atomic mass is 9.70. The van der Waals surface area contributed by atoms with Crippen molar-refractivity contribution >= 4 is 6.09 Å². The van der Waals surface area contributed by atoms with Gasteiger partial charge in [0.15, 0.2) is 0 Å². The molecule has 2 aromatic carbocycles. The molecule has 0 fully saturated rings. The van der Waals surface area contributed by atoms with Crippen LogP contribution in [0.4, 0.5) is 4.79 Å². The van der Waals surface area contributed by atoms with Crippen molar-refractivity contribution in [2.75, 3.05) is 6.61 Å². The van der Waals surface area contributed by atoms with Gasteiger partial charge >= 0.3 is 6.09 Å². The first-order chi connectivity index (χ1) is 11.9. The van der Waals surface area contributed by atoms with Crippen LogP contribution in [-0.4, -0.2) is 17.8 Å². The quantitative estimate of drug-likeness (QED) is 0.821. The number of aryl methyl sites for hydroxylation is 1. The summed E-state index contributed by atoms with van der Waals surface area (Å²) in [5, 5.41) is 11.9. The van der Waals surface area contributed by atoms with Gasteiger partial charge < -0.3 is 15.2 Å². The van der Waals surface area contributed by atoms with Crippen molar-refractivity contribution in [2.24, 2.45) is 5.41 Å². The minimum Gasteiger partial charge on any atom is -0.494 e. The molecule has 0 aromatic heterocycles. The molecule has 0 radical (unpaired) electrons. The average Bonchev–Trinajstić information content (AvgIpc) is 2.57. The molecule has 25 heavy (non-hydrogen) atoms. The van der Waals surface area contributed by atoms with Gasteiger partial charge in [-0.05, 0) is 59.6 Å². The van der Waals surface area contributed by atoms with Crippen LogP contribution in [0, 0.1) is 5.41 Å². The smallest absolute Gasteiger partial charge is 0.405 e. The van der Waals surface area contributed by atoms with E-state index >= 15 is 0 Å². The Bertz CT molecular complexity index is 782.